The van der Waals surface area contributed by atoms with Gasteiger partial charge in [-0.15, -0.1) is 0 Å². The first-order valence-electron chi connectivity index (χ1n) is 5.79. The molecular formula is C13H22N2O2. The molecule has 4 nitrogen and oxygen atoms in total. The minimum Gasteiger partial charge on any atom is -0.399 e. The van der Waals surface area contributed by atoms with Crippen LogP contribution in [-0.4, -0.2) is 40.0 Å². The smallest absolute Gasteiger partial charge is 0.0663 e. The van der Waals surface area contributed by atoms with E-state index in [0.29, 0.717) is 13.2 Å². The zero-order valence-corrected chi connectivity index (χ0v) is 10.8. The van der Waals surface area contributed by atoms with Gasteiger partial charge in [-0.1, -0.05) is 6.07 Å². The molecule has 0 heterocycles. The lowest BCUT2D eigenvalue weighted by Crippen LogP contribution is -2.38. The maximum atomic E-state index is 5.81. The molecule has 0 saturated carbocycles. The topological polar surface area (TPSA) is 47.7 Å². The highest BCUT2D eigenvalue weighted by atomic mass is 16.5. The van der Waals surface area contributed by atoms with Gasteiger partial charge in [0, 0.05) is 38.2 Å². The monoisotopic (exact) mass is 238 g/mol. The van der Waals surface area contributed by atoms with Crippen molar-refractivity contribution in [3.63, 3.8) is 0 Å². The maximum Gasteiger partial charge on any atom is 0.0663 e. The highest BCUT2D eigenvalue weighted by Crippen LogP contribution is 2.19. The molecule has 17 heavy (non-hydrogen) atoms. The summed E-state index contributed by atoms with van der Waals surface area (Å²) in [6, 6.07) is 8.17. The summed E-state index contributed by atoms with van der Waals surface area (Å²) in [5.74, 6) is 0. The summed E-state index contributed by atoms with van der Waals surface area (Å²) in [6.07, 6.45) is 0. The molecule has 1 aromatic carbocycles. The molecule has 0 bridgehead atoms. The van der Waals surface area contributed by atoms with Crippen LogP contribution in [0.25, 0.3) is 0 Å². The Labute approximate surface area is 103 Å². The first-order valence-corrected chi connectivity index (χ1v) is 5.79. The van der Waals surface area contributed by atoms with Crippen LogP contribution in [0.5, 0.6) is 0 Å². The summed E-state index contributed by atoms with van der Waals surface area (Å²) in [7, 11) is 3.42. The quantitative estimate of drug-likeness (QED) is 0.735. The van der Waals surface area contributed by atoms with Gasteiger partial charge in [0.05, 0.1) is 13.2 Å². The highest BCUT2D eigenvalue weighted by Gasteiger charge is 2.14. The van der Waals surface area contributed by atoms with Gasteiger partial charge in [0.25, 0.3) is 0 Å². The molecule has 0 aliphatic heterocycles. The number of anilines is 2. The van der Waals surface area contributed by atoms with Gasteiger partial charge in [-0.25, -0.2) is 0 Å². The first kappa shape index (κ1) is 13.8. The summed E-state index contributed by atoms with van der Waals surface area (Å²) in [4.78, 5) is 2.24. The molecule has 1 aromatic rings. The van der Waals surface area contributed by atoms with Crippen molar-refractivity contribution >= 4 is 11.4 Å². The van der Waals surface area contributed by atoms with Gasteiger partial charge in [-0.05, 0) is 25.1 Å². The fraction of sp³-hybridized carbons (Fsp3) is 0.538. The van der Waals surface area contributed by atoms with E-state index < -0.39 is 0 Å². The third kappa shape index (κ3) is 4.24. The van der Waals surface area contributed by atoms with Gasteiger partial charge in [0.1, 0.15) is 0 Å². The number of hydrogen-bond acceptors (Lipinski definition) is 4. The van der Waals surface area contributed by atoms with E-state index >= 15 is 0 Å². The first-order chi connectivity index (χ1) is 8.19. The van der Waals surface area contributed by atoms with Crippen LogP contribution in [0.4, 0.5) is 11.4 Å². The van der Waals surface area contributed by atoms with Crippen LogP contribution in [0.2, 0.25) is 0 Å². The van der Waals surface area contributed by atoms with Gasteiger partial charge < -0.3 is 20.1 Å². The van der Waals surface area contributed by atoms with Crippen molar-refractivity contribution in [1.82, 2.24) is 0 Å². The number of nitrogens with two attached hydrogens (primary N) is 1. The van der Waals surface area contributed by atoms with Crippen molar-refractivity contribution in [2.75, 3.05) is 44.6 Å². The largest absolute Gasteiger partial charge is 0.399 e. The molecule has 1 unspecified atom stereocenters. The molecule has 0 aliphatic carbocycles. The Kier molecular flexibility index (Phi) is 5.80. The van der Waals surface area contributed by atoms with E-state index in [1.807, 2.05) is 18.2 Å². The molecule has 2 N–H and O–H groups in total. The van der Waals surface area contributed by atoms with E-state index in [0.717, 1.165) is 17.9 Å². The summed E-state index contributed by atoms with van der Waals surface area (Å²) in [5.41, 5.74) is 7.69. The van der Waals surface area contributed by atoms with E-state index in [1.54, 1.807) is 14.2 Å². The zero-order chi connectivity index (χ0) is 12.7. The van der Waals surface area contributed by atoms with Crippen molar-refractivity contribution in [3.05, 3.63) is 24.3 Å². The van der Waals surface area contributed by atoms with Crippen LogP contribution in [-0.2, 0) is 9.47 Å². The van der Waals surface area contributed by atoms with Crippen molar-refractivity contribution in [1.29, 1.82) is 0 Å². The molecule has 0 fully saturated rings. The minimum absolute atomic E-state index is 0.289. The lowest BCUT2D eigenvalue weighted by atomic mass is 10.2. The molecule has 1 rings (SSSR count). The van der Waals surface area contributed by atoms with Gasteiger partial charge in [0.2, 0.25) is 0 Å². The third-order valence-electron chi connectivity index (χ3n) is 2.68. The summed E-state index contributed by atoms with van der Waals surface area (Å²) < 4.78 is 10.3. The number of ether oxygens (including phenoxy) is 2. The molecule has 0 aliphatic rings. The number of hydrogen-bond donors (Lipinski definition) is 1. The van der Waals surface area contributed by atoms with E-state index in [1.165, 1.54) is 0 Å². The molecule has 0 radical (unpaired) electrons. The average Bonchev–Trinajstić information content (AvgIpc) is 2.30. The maximum absolute atomic E-state index is 5.81. The molecule has 0 aromatic heterocycles. The summed E-state index contributed by atoms with van der Waals surface area (Å²) in [6.45, 7) is 4.31. The fourth-order valence-corrected chi connectivity index (χ4v) is 1.83. The van der Waals surface area contributed by atoms with E-state index in [9.17, 15) is 0 Å². The normalized spacial score (nSPS) is 12.4. The fourth-order valence-electron chi connectivity index (χ4n) is 1.83. The third-order valence-corrected chi connectivity index (χ3v) is 2.68. The zero-order valence-electron chi connectivity index (χ0n) is 10.8. The molecule has 0 amide bonds. The second kappa shape index (κ2) is 7.14. The van der Waals surface area contributed by atoms with Crippen molar-refractivity contribution in [2.45, 2.75) is 13.0 Å². The van der Waals surface area contributed by atoms with Crippen LogP contribution < -0.4 is 10.6 Å². The van der Waals surface area contributed by atoms with Gasteiger partial charge in [-0.3, -0.25) is 0 Å². The molecule has 4 heteroatoms. The molecule has 0 saturated heterocycles. The molecule has 1 atom stereocenters. The standard InChI is InChI=1S/C13H22N2O2/c1-11(10-17-3)15(7-8-16-2)13-6-4-5-12(14)9-13/h4-6,9,11H,7-8,10,14H2,1-3H3. The highest BCUT2D eigenvalue weighted by molar-refractivity contribution is 5.56. The van der Waals surface area contributed by atoms with Crippen LogP contribution in [0.15, 0.2) is 24.3 Å². The average molecular weight is 238 g/mol. The van der Waals surface area contributed by atoms with E-state index in [-0.39, 0.29) is 6.04 Å². The predicted molar refractivity (Wildman–Crippen MR) is 71.4 cm³/mol. The Bertz CT molecular complexity index is 331. The lowest BCUT2D eigenvalue weighted by molar-refractivity contribution is 0.171. The number of nitrogens with zero attached hydrogens (tertiary/aromatic N) is 1. The van der Waals surface area contributed by atoms with Crippen LogP contribution in [0.3, 0.4) is 0 Å². The van der Waals surface area contributed by atoms with Crippen LogP contribution in [0.1, 0.15) is 6.92 Å². The van der Waals surface area contributed by atoms with E-state index in [2.05, 4.69) is 17.9 Å². The molecule has 96 valence electrons. The van der Waals surface area contributed by atoms with Crippen molar-refractivity contribution in [2.24, 2.45) is 0 Å². The van der Waals surface area contributed by atoms with E-state index in [4.69, 9.17) is 15.2 Å². The molecule has 0 spiro atoms. The summed E-state index contributed by atoms with van der Waals surface area (Å²) in [5, 5.41) is 0. The second-order valence-electron chi connectivity index (χ2n) is 4.09. The SMILES string of the molecule is COCCN(c1cccc(N)c1)C(C)COC. The Morgan fingerprint density at radius 2 is 2.06 bits per heavy atom. The van der Waals surface area contributed by atoms with Gasteiger partial charge >= 0.3 is 0 Å². The Hall–Kier alpha value is -1.26. The van der Waals surface area contributed by atoms with Crippen molar-refractivity contribution in [3.8, 4) is 0 Å². The Morgan fingerprint density at radius 3 is 2.65 bits per heavy atom. The van der Waals surface area contributed by atoms with Gasteiger partial charge in [0.15, 0.2) is 0 Å². The number of benzene rings is 1. The van der Waals surface area contributed by atoms with Gasteiger partial charge in [-0.2, -0.15) is 0 Å². The van der Waals surface area contributed by atoms with Crippen LogP contribution in [0, 0.1) is 0 Å². The number of methoxy groups -OCH3 is 2. The van der Waals surface area contributed by atoms with Crippen molar-refractivity contribution < 1.29 is 9.47 Å². The Morgan fingerprint density at radius 1 is 1.29 bits per heavy atom. The molecular weight excluding hydrogens is 216 g/mol. The lowest BCUT2D eigenvalue weighted by Gasteiger charge is -2.31. The number of rotatable bonds is 7. The predicted octanol–water partition coefficient (Wildman–Crippen LogP) is 1.76. The second-order valence-corrected chi connectivity index (χ2v) is 4.09. The summed E-state index contributed by atoms with van der Waals surface area (Å²) >= 11 is 0. The Balaban J connectivity index is 2.81. The minimum atomic E-state index is 0.289. The van der Waals surface area contributed by atoms with Crippen LogP contribution >= 0.6 is 0 Å². The number of nitrogen functional groups attached to an aromatic ring is 1.